The van der Waals surface area contributed by atoms with Crippen LogP contribution in [0.3, 0.4) is 0 Å². The third-order valence-corrected chi connectivity index (χ3v) is 4.31. The molecule has 1 rings (SSSR count). The lowest BCUT2D eigenvalue weighted by Gasteiger charge is -2.27. The van der Waals surface area contributed by atoms with Crippen LogP contribution >= 0.6 is 15.9 Å². The van der Waals surface area contributed by atoms with Gasteiger partial charge in [0.25, 0.3) is 0 Å². The highest BCUT2D eigenvalue weighted by Gasteiger charge is 2.25. The van der Waals surface area contributed by atoms with E-state index in [0.717, 1.165) is 6.42 Å². The molecule has 0 aromatic heterocycles. The van der Waals surface area contributed by atoms with E-state index in [1.54, 1.807) is 6.07 Å². The van der Waals surface area contributed by atoms with Gasteiger partial charge in [0.15, 0.2) is 0 Å². The average Bonchev–Trinajstić information content (AvgIpc) is 2.47. The SMILES string of the molecule is CC(C)C[C@H](NC(=O)Nc1ccc(Br)cc1F)C(=O)N[C@@H](C)CC(C)(C)C. The molecule has 3 amide bonds. The number of benzene rings is 1. The lowest BCUT2D eigenvalue weighted by atomic mass is 9.88. The van der Waals surface area contributed by atoms with E-state index >= 15 is 0 Å². The molecule has 5 nitrogen and oxygen atoms in total. The topological polar surface area (TPSA) is 70.2 Å². The van der Waals surface area contributed by atoms with Crippen molar-refractivity contribution < 1.29 is 14.0 Å². The zero-order valence-electron chi connectivity index (χ0n) is 17.0. The van der Waals surface area contributed by atoms with Crippen LogP contribution in [-0.4, -0.2) is 24.0 Å². The summed E-state index contributed by atoms with van der Waals surface area (Å²) in [6.45, 7) is 12.2. The number of carbonyl (C=O) groups is 2. The fourth-order valence-electron chi connectivity index (χ4n) is 2.92. The molecule has 3 N–H and O–H groups in total. The van der Waals surface area contributed by atoms with Gasteiger partial charge in [-0.1, -0.05) is 50.5 Å². The third kappa shape index (κ3) is 9.22. The molecule has 152 valence electrons. The first-order valence-electron chi connectivity index (χ1n) is 9.20. The zero-order chi connectivity index (χ0) is 20.8. The highest BCUT2D eigenvalue weighted by Crippen LogP contribution is 2.21. The zero-order valence-corrected chi connectivity index (χ0v) is 18.5. The Balaban J connectivity index is 2.75. The molecule has 0 spiro atoms. The number of hydrogen-bond acceptors (Lipinski definition) is 2. The first-order chi connectivity index (χ1) is 12.4. The summed E-state index contributed by atoms with van der Waals surface area (Å²) >= 11 is 3.17. The van der Waals surface area contributed by atoms with Crippen molar-refractivity contribution in [3.05, 3.63) is 28.5 Å². The number of rotatable bonds is 7. The lowest BCUT2D eigenvalue weighted by Crippen LogP contribution is -2.51. The van der Waals surface area contributed by atoms with Crippen molar-refractivity contribution in [2.24, 2.45) is 11.3 Å². The standard InChI is InChI=1S/C20H31BrFN3O2/c1-12(2)9-17(18(26)23-13(3)11-20(4,5)6)25-19(27)24-16-8-7-14(21)10-15(16)22/h7-8,10,12-13,17H,9,11H2,1-6H3,(H,23,26)(H2,24,25,27)/t13-,17-/m0/s1. The van der Waals surface area contributed by atoms with E-state index in [2.05, 4.69) is 52.7 Å². The van der Waals surface area contributed by atoms with Gasteiger partial charge in [0.2, 0.25) is 5.91 Å². The van der Waals surface area contributed by atoms with E-state index in [1.165, 1.54) is 12.1 Å². The monoisotopic (exact) mass is 443 g/mol. The van der Waals surface area contributed by atoms with Crippen LogP contribution in [0.4, 0.5) is 14.9 Å². The van der Waals surface area contributed by atoms with Crippen molar-refractivity contribution in [1.29, 1.82) is 0 Å². The second kappa shape index (κ2) is 10.1. The van der Waals surface area contributed by atoms with Crippen LogP contribution in [0.1, 0.15) is 54.4 Å². The van der Waals surface area contributed by atoms with Gasteiger partial charge in [0, 0.05) is 10.5 Å². The summed E-state index contributed by atoms with van der Waals surface area (Å²) < 4.78 is 14.5. The molecule has 0 radical (unpaired) electrons. The number of halogens is 2. The molecule has 0 aliphatic heterocycles. The molecule has 0 heterocycles. The normalized spacial score (nSPS) is 13.8. The smallest absolute Gasteiger partial charge is 0.319 e. The summed E-state index contributed by atoms with van der Waals surface area (Å²) in [7, 11) is 0. The van der Waals surface area contributed by atoms with Gasteiger partial charge in [-0.05, 0) is 49.3 Å². The average molecular weight is 444 g/mol. The van der Waals surface area contributed by atoms with E-state index in [4.69, 9.17) is 0 Å². The summed E-state index contributed by atoms with van der Waals surface area (Å²) in [5.74, 6) is -0.571. The maximum atomic E-state index is 13.9. The Morgan fingerprint density at radius 1 is 1.15 bits per heavy atom. The van der Waals surface area contributed by atoms with Gasteiger partial charge in [-0.3, -0.25) is 4.79 Å². The van der Waals surface area contributed by atoms with Gasteiger partial charge >= 0.3 is 6.03 Å². The quantitative estimate of drug-likeness (QED) is 0.550. The predicted octanol–water partition coefficient (Wildman–Crippen LogP) is 5.07. The molecule has 1 aromatic rings. The molecule has 7 heteroatoms. The van der Waals surface area contributed by atoms with Crippen LogP contribution < -0.4 is 16.0 Å². The van der Waals surface area contributed by atoms with Crippen LogP contribution in [0.5, 0.6) is 0 Å². The van der Waals surface area contributed by atoms with Crippen molar-refractivity contribution >= 4 is 33.6 Å². The Morgan fingerprint density at radius 3 is 2.30 bits per heavy atom. The summed E-state index contributed by atoms with van der Waals surface area (Å²) in [4.78, 5) is 24.9. The number of hydrogen-bond donors (Lipinski definition) is 3. The minimum atomic E-state index is -0.689. The van der Waals surface area contributed by atoms with Gasteiger partial charge in [0.1, 0.15) is 11.9 Å². The summed E-state index contributed by atoms with van der Waals surface area (Å²) in [5.41, 5.74) is 0.143. The number of carbonyl (C=O) groups excluding carboxylic acids is 2. The first-order valence-corrected chi connectivity index (χ1v) is 9.99. The van der Waals surface area contributed by atoms with Crippen LogP contribution in [0.15, 0.2) is 22.7 Å². The summed E-state index contributed by atoms with van der Waals surface area (Å²) in [5, 5.41) is 8.10. The van der Waals surface area contributed by atoms with Crippen LogP contribution in [0.25, 0.3) is 0 Å². The van der Waals surface area contributed by atoms with Crippen molar-refractivity contribution in [2.75, 3.05) is 5.32 Å². The Kier molecular flexibility index (Phi) is 8.72. The predicted molar refractivity (Wildman–Crippen MR) is 111 cm³/mol. The number of amides is 3. The van der Waals surface area contributed by atoms with E-state index in [0.29, 0.717) is 10.9 Å². The molecule has 0 aliphatic rings. The Bertz CT molecular complexity index is 659. The molecule has 2 atom stereocenters. The van der Waals surface area contributed by atoms with Gasteiger partial charge in [-0.25, -0.2) is 9.18 Å². The van der Waals surface area contributed by atoms with E-state index in [1.807, 2.05) is 20.8 Å². The molecule has 0 saturated carbocycles. The van der Waals surface area contributed by atoms with E-state index in [-0.39, 0.29) is 29.0 Å². The highest BCUT2D eigenvalue weighted by molar-refractivity contribution is 9.10. The first kappa shape index (κ1) is 23.4. The third-order valence-electron chi connectivity index (χ3n) is 3.82. The van der Waals surface area contributed by atoms with Crippen molar-refractivity contribution in [2.45, 2.75) is 66.5 Å². The Labute approximate surface area is 170 Å². The number of anilines is 1. The number of nitrogens with one attached hydrogen (secondary N) is 3. The Morgan fingerprint density at radius 2 is 1.78 bits per heavy atom. The van der Waals surface area contributed by atoms with Gasteiger partial charge in [0.05, 0.1) is 5.69 Å². The molecule has 0 fully saturated rings. The summed E-state index contributed by atoms with van der Waals surface area (Å²) in [6.07, 6.45) is 1.31. The summed E-state index contributed by atoms with van der Waals surface area (Å²) in [6, 6.07) is 3.04. The number of urea groups is 1. The molecule has 27 heavy (non-hydrogen) atoms. The molecular formula is C20H31BrFN3O2. The minimum Gasteiger partial charge on any atom is -0.352 e. The Hall–Kier alpha value is -1.63. The van der Waals surface area contributed by atoms with Crippen molar-refractivity contribution in [3.63, 3.8) is 0 Å². The largest absolute Gasteiger partial charge is 0.352 e. The van der Waals surface area contributed by atoms with Crippen molar-refractivity contribution in [1.82, 2.24) is 10.6 Å². The molecule has 0 aliphatic carbocycles. The van der Waals surface area contributed by atoms with Crippen molar-refractivity contribution in [3.8, 4) is 0 Å². The highest BCUT2D eigenvalue weighted by atomic mass is 79.9. The fraction of sp³-hybridized carbons (Fsp3) is 0.600. The lowest BCUT2D eigenvalue weighted by molar-refractivity contribution is -0.124. The van der Waals surface area contributed by atoms with Gasteiger partial charge in [-0.15, -0.1) is 0 Å². The molecule has 1 aromatic carbocycles. The molecular weight excluding hydrogens is 413 g/mol. The van der Waals surface area contributed by atoms with E-state index < -0.39 is 17.9 Å². The maximum absolute atomic E-state index is 13.9. The molecule has 0 saturated heterocycles. The molecule has 0 unspecified atom stereocenters. The fourth-order valence-corrected chi connectivity index (χ4v) is 3.26. The van der Waals surface area contributed by atoms with Crippen LogP contribution in [0, 0.1) is 17.2 Å². The second-order valence-corrected chi connectivity index (χ2v) is 9.49. The second-order valence-electron chi connectivity index (χ2n) is 8.58. The van der Waals surface area contributed by atoms with Gasteiger partial charge < -0.3 is 16.0 Å². The molecule has 0 bridgehead atoms. The van der Waals surface area contributed by atoms with E-state index in [9.17, 15) is 14.0 Å². The van der Waals surface area contributed by atoms with Gasteiger partial charge in [-0.2, -0.15) is 0 Å². The minimum absolute atomic E-state index is 0.0130. The maximum Gasteiger partial charge on any atom is 0.319 e. The van der Waals surface area contributed by atoms with Crippen LogP contribution in [0.2, 0.25) is 0 Å². The van der Waals surface area contributed by atoms with Crippen LogP contribution in [-0.2, 0) is 4.79 Å².